The smallest absolute Gasteiger partial charge is 0.228 e. The maximum Gasteiger partial charge on any atom is 0.228 e. The van der Waals surface area contributed by atoms with Gasteiger partial charge in [0.15, 0.2) is 0 Å². The number of hydrogen-bond donors (Lipinski definition) is 1. The van der Waals surface area contributed by atoms with Crippen molar-refractivity contribution < 1.29 is 4.74 Å². The molecular formula is C16H22N4O. The van der Waals surface area contributed by atoms with Gasteiger partial charge in [0, 0.05) is 32.0 Å². The van der Waals surface area contributed by atoms with Crippen molar-refractivity contribution in [3.8, 4) is 11.6 Å². The van der Waals surface area contributed by atoms with Crippen molar-refractivity contribution in [2.45, 2.75) is 26.7 Å². The first-order valence-corrected chi connectivity index (χ1v) is 6.96. The molecule has 0 spiro atoms. The summed E-state index contributed by atoms with van der Waals surface area (Å²) in [5, 5.41) is 0. The van der Waals surface area contributed by atoms with Crippen LogP contribution >= 0.6 is 0 Å². The van der Waals surface area contributed by atoms with E-state index in [0.29, 0.717) is 17.7 Å². The molecule has 0 amide bonds. The summed E-state index contributed by atoms with van der Waals surface area (Å²) in [6.45, 7) is 6.20. The van der Waals surface area contributed by atoms with Crippen LogP contribution < -0.4 is 15.4 Å². The predicted octanol–water partition coefficient (Wildman–Crippen LogP) is 3.35. The van der Waals surface area contributed by atoms with Gasteiger partial charge >= 0.3 is 0 Å². The first-order valence-electron chi connectivity index (χ1n) is 6.96. The Morgan fingerprint density at radius 2 is 1.95 bits per heavy atom. The lowest BCUT2D eigenvalue weighted by molar-refractivity contribution is 0.453. The quantitative estimate of drug-likeness (QED) is 0.873. The molecule has 0 unspecified atom stereocenters. The third-order valence-corrected chi connectivity index (χ3v) is 3.25. The third-order valence-electron chi connectivity index (χ3n) is 3.25. The van der Waals surface area contributed by atoms with Gasteiger partial charge in [-0.15, -0.1) is 0 Å². The number of ether oxygens (including phenoxy) is 1. The highest BCUT2D eigenvalue weighted by atomic mass is 16.5. The van der Waals surface area contributed by atoms with Crippen LogP contribution in [-0.2, 0) is 0 Å². The molecule has 0 saturated carbocycles. The van der Waals surface area contributed by atoms with Gasteiger partial charge in [0.25, 0.3) is 0 Å². The normalized spacial score (nSPS) is 10.8. The molecule has 0 aliphatic heterocycles. The Kier molecular flexibility index (Phi) is 4.31. The van der Waals surface area contributed by atoms with E-state index in [1.165, 1.54) is 0 Å². The second kappa shape index (κ2) is 5.99. The standard InChI is InChI=1S/C16H22N4O/c1-10(2)12-9-13(17)11(3)8-14(12)21-15-6-7-18-16(19-15)20(4)5/h6-10H,17H2,1-5H3. The second-order valence-corrected chi connectivity index (χ2v) is 5.59. The Morgan fingerprint density at radius 3 is 2.57 bits per heavy atom. The van der Waals surface area contributed by atoms with E-state index in [4.69, 9.17) is 10.5 Å². The average Bonchev–Trinajstić information content (AvgIpc) is 2.42. The van der Waals surface area contributed by atoms with Crippen molar-refractivity contribution in [2.24, 2.45) is 0 Å². The predicted molar refractivity (Wildman–Crippen MR) is 86.1 cm³/mol. The molecule has 2 aromatic rings. The summed E-state index contributed by atoms with van der Waals surface area (Å²) >= 11 is 0. The minimum Gasteiger partial charge on any atom is -0.439 e. The SMILES string of the molecule is Cc1cc(Oc2ccnc(N(C)C)n2)c(C(C)C)cc1N. The summed E-state index contributed by atoms with van der Waals surface area (Å²) in [6.07, 6.45) is 1.69. The van der Waals surface area contributed by atoms with Crippen molar-refractivity contribution in [3.05, 3.63) is 35.5 Å². The van der Waals surface area contributed by atoms with E-state index in [9.17, 15) is 0 Å². The molecule has 2 rings (SSSR count). The molecule has 0 radical (unpaired) electrons. The molecule has 1 aromatic carbocycles. The summed E-state index contributed by atoms with van der Waals surface area (Å²) in [4.78, 5) is 10.4. The molecule has 21 heavy (non-hydrogen) atoms. The summed E-state index contributed by atoms with van der Waals surface area (Å²) in [6, 6.07) is 5.69. The molecule has 0 aliphatic carbocycles. The Balaban J connectivity index is 2.39. The largest absolute Gasteiger partial charge is 0.439 e. The number of hydrogen-bond acceptors (Lipinski definition) is 5. The van der Waals surface area contributed by atoms with Crippen LogP contribution in [0.4, 0.5) is 11.6 Å². The molecule has 1 heterocycles. The zero-order valence-corrected chi connectivity index (χ0v) is 13.2. The Labute approximate surface area is 125 Å². The van der Waals surface area contributed by atoms with Gasteiger partial charge in [-0.05, 0) is 36.1 Å². The second-order valence-electron chi connectivity index (χ2n) is 5.59. The lowest BCUT2D eigenvalue weighted by atomic mass is 9.99. The van der Waals surface area contributed by atoms with E-state index in [0.717, 1.165) is 22.6 Å². The lowest BCUT2D eigenvalue weighted by Gasteiger charge is -2.16. The number of rotatable bonds is 4. The molecule has 2 N–H and O–H groups in total. The zero-order chi connectivity index (χ0) is 15.6. The van der Waals surface area contributed by atoms with Crippen molar-refractivity contribution >= 4 is 11.6 Å². The van der Waals surface area contributed by atoms with E-state index in [2.05, 4.69) is 23.8 Å². The average molecular weight is 286 g/mol. The van der Waals surface area contributed by atoms with Crippen LogP contribution in [-0.4, -0.2) is 24.1 Å². The summed E-state index contributed by atoms with van der Waals surface area (Å²) in [5.41, 5.74) is 8.85. The van der Waals surface area contributed by atoms with Gasteiger partial charge in [-0.2, -0.15) is 4.98 Å². The first kappa shape index (κ1) is 15.1. The van der Waals surface area contributed by atoms with Crippen LogP contribution in [0.5, 0.6) is 11.6 Å². The molecule has 0 atom stereocenters. The highest BCUT2D eigenvalue weighted by Gasteiger charge is 2.12. The summed E-state index contributed by atoms with van der Waals surface area (Å²) in [5.74, 6) is 2.25. The van der Waals surface area contributed by atoms with Crippen LogP contribution in [0.25, 0.3) is 0 Å². The van der Waals surface area contributed by atoms with Gasteiger partial charge in [0.1, 0.15) is 5.75 Å². The minimum atomic E-state index is 0.318. The van der Waals surface area contributed by atoms with Gasteiger partial charge in [-0.1, -0.05) is 13.8 Å². The molecule has 0 bridgehead atoms. The maximum atomic E-state index is 6.00. The van der Waals surface area contributed by atoms with Crippen molar-refractivity contribution in [1.82, 2.24) is 9.97 Å². The topological polar surface area (TPSA) is 64.3 Å². The third kappa shape index (κ3) is 3.42. The van der Waals surface area contributed by atoms with Gasteiger partial charge in [-0.3, -0.25) is 0 Å². The molecule has 112 valence electrons. The Bertz CT molecular complexity index is 638. The summed E-state index contributed by atoms with van der Waals surface area (Å²) in [7, 11) is 3.79. The maximum absolute atomic E-state index is 6.00. The highest BCUT2D eigenvalue weighted by Crippen LogP contribution is 2.33. The Morgan fingerprint density at radius 1 is 1.24 bits per heavy atom. The van der Waals surface area contributed by atoms with Crippen LogP contribution in [0.1, 0.15) is 30.9 Å². The molecule has 0 saturated heterocycles. The molecule has 0 aliphatic rings. The van der Waals surface area contributed by atoms with Gasteiger partial charge in [0.05, 0.1) is 0 Å². The van der Waals surface area contributed by atoms with Crippen LogP contribution in [0.15, 0.2) is 24.4 Å². The number of benzene rings is 1. The van der Waals surface area contributed by atoms with E-state index >= 15 is 0 Å². The summed E-state index contributed by atoms with van der Waals surface area (Å²) < 4.78 is 5.96. The number of aromatic nitrogens is 2. The highest BCUT2D eigenvalue weighted by molar-refractivity contribution is 5.55. The fourth-order valence-corrected chi connectivity index (χ4v) is 1.97. The van der Waals surface area contributed by atoms with Gasteiger partial charge < -0.3 is 15.4 Å². The number of nitrogen functional groups attached to an aromatic ring is 1. The monoisotopic (exact) mass is 286 g/mol. The number of aryl methyl sites for hydroxylation is 1. The zero-order valence-electron chi connectivity index (χ0n) is 13.2. The van der Waals surface area contributed by atoms with Crippen LogP contribution in [0.2, 0.25) is 0 Å². The van der Waals surface area contributed by atoms with Gasteiger partial charge in [0.2, 0.25) is 11.8 Å². The van der Waals surface area contributed by atoms with Gasteiger partial charge in [-0.25, -0.2) is 4.98 Å². The fourth-order valence-electron chi connectivity index (χ4n) is 1.97. The number of anilines is 2. The van der Waals surface area contributed by atoms with Crippen molar-refractivity contribution in [3.63, 3.8) is 0 Å². The molecule has 0 fully saturated rings. The van der Waals surface area contributed by atoms with E-state index in [1.54, 1.807) is 12.3 Å². The fraction of sp³-hybridized carbons (Fsp3) is 0.375. The number of nitrogens with two attached hydrogens (primary N) is 1. The van der Waals surface area contributed by atoms with E-state index < -0.39 is 0 Å². The van der Waals surface area contributed by atoms with Crippen LogP contribution in [0, 0.1) is 6.92 Å². The van der Waals surface area contributed by atoms with Crippen molar-refractivity contribution in [1.29, 1.82) is 0 Å². The molecule has 1 aromatic heterocycles. The van der Waals surface area contributed by atoms with Crippen LogP contribution in [0.3, 0.4) is 0 Å². The number of nitrogens with zero attached hydrogens (tertiary/aromatic N) is 3. The van der Waals surface area contributed by atoms with Crippen molar-refractivity contribution in [2.75, 3.05) is 24.7 Å². The first-order chi connectivity index (χ1) is 9.88. The lowest BCUT2D eigenvalue weighted by Crippen LogP contribution is -2.12. The molecule has 5 heteroatoms. The molecular weight excluding hydrogens is 264 g/mol. The minimum absolute atomic E-state index is 0.318. The molecule has 5 nitrogen and oxygen atoms in total. The van der Waals surface area contributed by atoms with E-state index in [1.807, 2.05) is 38.1 Å². The van der Waals surface area contributed by atoms with E-state index in [-0.39, 0.29) is 0 Å². The Hall–Kier alpha value is -2.30.